The van der Waals surface area contributed by atoms with Gasteiger partial charge >= 0.3 is 5.97 Å². The third kappa shape index (κ3) is 4.17. The molecule has 2 rings (SSSR count). The van der Waals surface area contributed by atoms with Crippen LogP contribution in [-0.2, 0) is 11.2 Å². The maximum Gasteiger partial charge on any atom is 0.339 e. The van der Waals surface area contributed by atoms with Gasteiger partial charge in [-0.25, -0.2) is 4.79 Å². The minimum Gasteiger partial charge on any atom is -0.478 e. The Morgan fingerprint density at radius 1 is 1.33 bits per heavy atom. The molecule has 1 saturated heterocycles. The van der Waals surface area contributed by atoms with Gasteiger partial charge in [-0.05, 0) is 18.8 Å². The van der Waals surface area contributed by atoms with Crippen LogP contribution < -0.4 is 5.32 Å². The standard InChI is InChI=1S/C18H27NO5/c1-4-11(5-2)15-9-12(7-8-23-15)19-17(20)16-10-13(18(21)22)14(6-3)24-16/h10-12,15H,4-9H2,1-3H3,(H,19,20)(H,21,22). The van der Waals surface area contributed by atoms with E-state index in [1.54, 1.807) is 6.92 Å². The fraction of sp³-hybridized carbons (Fsp3) is 0.667. The Bertz CT molecular complexity index is 576. The summed E-state index contributed by atoms with van der Waals surface area (Å²) in [4.78, 5) is 23.6. The van der Waals surface area contributed by atoms with Crippen LogP contribution in [0.2, 0.25) is 0 Å². The first-order chi connectivity index (χ1) is 11.5. The Hall–Kier alpha value is -1.82. The molecule has 0 aliphatic carbocycles. The van der Waals surface area contributed by atoms with Gasteiger partial charge in [0, 0.05) is 25.1 Å². The number of ether oxygens (including phenoxy) is 1. The van der Waals surface area contributed by atoms with Gasteiger partial charge in [0.25, 0.3) is 5.91 Å². The quantitative estimate of drug-likeness (QED) is 0.797. The van der Waals surface area contributed by atoms with Crippen LogP contribution in [-0.4, -0.2) is 35.7 Å². The Morgan fingerprint density at radius 3 is 2.58 bits per heavy atom. The minimum atomic E-state index is -1.07. The van der Waals surface area contributed by atoms with E-state index in [9.17, 15) is 9.59 Å². The first-order valence-corrected chi connectivity index (χ1v) is 8.78. The summed E-state index contributed by atoms with van der Waals surface area (Å²) in [5, 5.41) is 12.1. The Kier molecular flexibility index (Phi) is 6.43. The van der Waals surface area contributed by atoms with E-state index in [-0.39, 0.29) is 29.4 Å². The zero-order valence-electron chi connectivity index (χ0n) is 14.6. The van der Waals surface area contributed by atoms with Crippen molar-refractivity contribution >= 4 is 11.9 Å². The van der Waals surface area contributed by atoms with Gasteiger partial charge < -0.3 is 19.6 Å². The van der Waals surface area contributed by atoms with Crippen LogP contribution in [0.3, 0.4) is 0 Å². The van der Waals surface area contributed by atoms with Crippen LogP contribution in [0.5, 0.6) is 0 Å². The highest BCUT2D eigenvalue weighted by atomic mass is 16.5. The third-order valence-electron chi connectivity index (χ3n) is 4.81. The van der Waals surface area contributed by atoms with E-state index in [2.05, 4.69) is 19.2 Å². The highest BCUT2D eigenvalue weighted by Gasteiger charge is 2.29. The lowest BCUT2D eigenvalue weighted by Gasteiger charge is -2.34. The lowest BCUT2D eigenvalue weighted by atomic mass is 9.89. The van der Waals surface area contributed by atoms with E-state index in [0.29, 0.717) is 24.7 Å². The zero-order chi connectivity index (χ0) is 17.7. The molecule has 1 amide bonds. The Labute approximate surface area is 142 Å². The number of hydrogen-bond acceptors (Lipinski definition) is 4. The van der Waals surface area contributed by atoms with Crippen molar-refractivity contribution in [2.24, 2.45) is 5.92 Å². The van der Waals surface area contributed by atoms with E-state index >= 15 is 0 Å². The molecule has 0 radical (unpaired) electrons. The van der Waals surface area contributed by atoms with E-state index in [0.717, 1.165) is 25.7 Å². The van der Waals surface area contributed by atoms with Gasteiger partial charge in [-0.15, -0.1) is 0 Å². The van der Waals surface area contributed by atoms with Gasteiger partial charge in [0.2, 0.25) is 0 Å². The SMILES string of the molecule is CCc1oc(C(=O)NC2CCOC(C(CC)CC)C2)cc1C(=O)O. The van der Waals surface area contributed by atoms with Crippen LogP contribution in [0, 0.1) is 5.92 Å². The van der Waals surface area contributed by atoms with Crippen LogP contribution in [0.15, 0.2) is 10.5 Å². The normalized spacial score (nSPS) is 21.0. The second-order valence-electron chi connectivity index (χ2n) is 6.29. The van der Waals surface area contributed by atoms with E-state index in [4.69, 9.17) is 14.3 Å². The van der Waals surface area contributed by atoms with Crippen LogP contribution in [0.25, 0.3) is 0 Å². The lowest BCUT2D eigenvalue weighted by molar-refractivity contribution is -0.0338. The Morgan fingerprint density at radius 2 is 2.04 bits per heavy atom. The van der Waals surface area contributed by atoms with Crippen molar-refractivity contribution in [1.82, 2.24) is 5.32 Å². The lowest BCUT2D eigenvalue weighted by Crippen LogP contribution is -2.44. The minimum absolute atomic E-state index is 0.0281. The topological polar surface area (TPSA) is 88.8 Å². The summed E-state index contributed by atoms with van der Waals surface area (Å²) in [6, 6.07) is 1.34. The van der Waals surface area contributed by atoms with Gasteiger partial charge in [0.05, 0.1) is 6.10 Å². The smallest absolute Gasteiger partial charge is 0.339 e. The number of hydrogen-bond donors (Lipinski definition) is 2. The average Bonchev–Trinajstić information content (AvgIpc) is 3.01. The molecule has 2 heterocycles. The third-order valence-corrected chi connectivity index (χ3v) is 4.81. The van der Waals surface area contributed by atoms with Gasteiger partial charge in [0.15, 0.2) is 5.76 Å². The molecule has 1 fully saturated rings. The van der Waals surface area contributed by atoms with Crippen molar-refractivity contribution in [2.75, 3.05) is 6.61 Å². The molecular formula is C18H27NO5. The summed E-state index contributed by atoms with van der Waals surface area (Å²) >= 11 is 0. The molecule has 1 aromatic heterocycles. The highest BCUT2D eigenvalue weighted by molar-refractivity contribution is 5.96. The highest BCUT2D eigenvalue weighted by Crippen LogP contribution is 2.25. The molecule has 0 aromatic carbocycles. The van der Waals surface area contributed by atoms with Crippen molar-refractivity contribution in [3.05, 3.63) is 23.2 Å². The molecule has 134 valence electrons. The van der Waals surface area contributed by atoms with Gasteiger partial charge in [-0.2, -0.15) is 0 Å². The molecule has 0 spiro atoms. The largest absolute Gasteiger partial charge is 0.478 e. The van der Waals surface area contributed by atoms with E-state index in [1.165, 1.54) is 6.07 Å². The molecular weight excluding hydrogens is 310 g/mol. The van der Waals surface area contributed by atoms with Crippen LogP contribution >= 0.6 is 0 Å². The molecule has 0 bridgehead atoms. The fourth-order valence-corrected chi connectivity index (χ4v) is 3.34. The number of aryl methyl sites for hydroxylation is 1. The number of amides is 1. The monoisotopic (exact) mass is 337 g/mol. The van der Waals surface area contributed by atoms with E-state index < -0.39 is 5.97 Å². The molecule has 6 nitrogen and oxygen atoms in total. The van der Waals surface area contributed by atoms with Gasteiger partial charge in [0.1, 0.15) is 11.3 Å². The van der Waals surface area contributed by atoms with E-state index in [1.807, 2.05) is 0 Å². The molecule has 2 N–H and O–H groups in total. The first kappa shape index (κ1) is 18.5. The van der Waals surface area contributed by atoms with Crippen LogP contribution in [0.4, 0.5) is 0 Å². The maximum absolute atomic E-state index is 12.4. The first-order valence-electron chi connectivity index (χ1n) is 8.78. The average molecular weight is 337 g/mol. The molecule has 2 atom stereocenters. The number of carboxylic acid groups (broad SMARTS) is 1. The predicted octanol–water partition coefficient (Wildman–Crippen LogP) is 3.25. The number of carboxylic acids is 1. The van der Waals surface area contributed by atoms with Crippen LogP contribution in [0.1, 0.15) is 73.1 Å². The van der Waals surface area contributed by atoms with Crippen molar-refractivity contribution in [3.63, 3.8) is 0 Å². The molecule has 6 heteroatoms. The number of carbonyl (C=O) groups is 2. The van der Waals surface area contributed by atoms with Gasteiger partial charge in [-0.1, -0.05) is 33.6 Å². The number of carbonyl (C=O) groups excluding carboxylic acids is 1. The van der Waals surface area contributed by atoms with Crippen molar-refractivity contribution < 1.29 is 23.8 Å². The summed E-state index contributed by atoms with van der Waals surface area (Å²) in [7, 11) is 0. The summed E-state index contributed by atoms with van der Waals surface area (Å²) in [5.41, 5.74) is 0.0598. The number of aromatic carboxylic acids is 1. The summed E-state index contributed by atoms with van der Waals surface area (Å²) in [6.07, 6.45) is 4.25. The molecule has 1 aromatic rings. The second-order valence-corrected chi connectivity index (χ2v) is 6.29. The van der Waals surface area contributed by atoms with Gasteiger partial charge in [-0.3, -0.25) is 4.79 Å². The maximum atomic E-state index is 12.4. The van der Waals surface area contributed by atoms with Crippen molar-refractivity contribution in [1.29, 1.82) is 0 Å². The molecule has 0 saturated carbocycles. The molecule has 2 unspecified atom stereocenters. The number of furan rings is 1. The predicted molar refractivity (Wildman–Crippen MR) is 89.3 cm³/mol. The number of rotatable bonds is 7. The fourth-order valence-electron chi connectivity index (χ4n) is 3.34. The Balaban J connectivity index is 2.02. The van der Waals surface area contributed by atoms with Crippen molar-refractivity contribution in [2.45, 2.75) is 65.0 Å². The molecule has 24 heavy (non-hydrogen) atoms. The summed E-state index contributed by atoms with van der Waals surface area (Å²) in [6.45, 7) is 6.74. The molecule has 1 aliphatic heterocycles. The zero-order valence-corrected chi connectivity index (χ0v) is 14.6. The van der Waals surface area contributed by atoms with Crippen molar-refractivity contribution in [3.8, 4) is 0 Å². The number of nitrogens with one attached hydrogen (secondary N) is 1. The molecule has 1 aliphatic rings. The second kappa shape index (κ2) is 8.33. The summed E-state index contributed by atoms with van der Waals surface area (Å²) < 4.78 is 11.3. The summed E-state index contributed by atoms with van der Waals surface area (Å²) in [5.74, 6) is -0.537.